The smallest absolute Gasteiger partial charge is 0.305 e. The van der Waals surface area contributed by atoms with Crippen LogP contribution in [0.25, 0.3) is 0 Å². The van der Waals surface area contributed by atoms with E-state index < -0.39 is 0 Å². The normalized spacial score (nSPS) is 11.4. The fourth-order valence-electron chi connectivity index (χ4n) is 2.45. The third-order valence-corrected chi connectivity index (χ3v) is 3.72. The fraction of sp³-hybridized carbons (Fsp3) is 0.619. The highest BCUT2D eigenvalue weighted by molar-refractivity contribution is 14.0. The predicted octanol–water partition coefficient (Wildman–Crippen LogP) is 4.27. The third-order valence-electron chi connectivity index (χ3n) is 3.72. The molecular weight excluding hydrogens is 469 g/mol. The molecule has 0 unspecified atom stereocenters. The van der Waals surface area contributed by atoms with E-state index in [0.29, 0.717) is 13.0 Å². The largest absolute Gasteiger partial charge is 0.488 e. The zero-order valence-electron chi connectivity index (χ0n) is 17.8. The molecule has 0 heterocycles. The lowest BCUT2D eigenvalue weighted by molar-refractivity contribution is -0.140. The van der Waals surface area contributed by atoms with Crippen LogP contribution >= 0.6 is 24.0 Å². The standard InChI is InChI=1S/C21H35N3O3.HI/c1-6-22-20(23-15-11-7-8-14-19(25)26-5)24-16-17-12-9-10-13-18(17)27-21(2,3)4;/h9-10,12-13H,6-8,11,14-16H2,1-5H3,(H2,22,23,24);1H. The van der Waals surface area contributed by atoms with Gasteiger partial charge in [0.05, 0.1) is 13.7 Å². The zero-order valence-corrected chi connectivity index (χ0v) is 20.2. The second-order valence-electron chi connectivity index (χ2n) is 7.33. The molecule has 0 spiro atoms. The molecule has 0 aliphatic rings. The minimum atomic E-state index is -0.243. The van der Waals surface area contributed by atoms with Gasteiger partial charge < -0.3 is 20.1 Å². The summed E-state index contributed by atoms with van der Waals surface area (Å²) in [5.74, 6) is 1.51. The van der Waals surface area contributed by atoms with E-state index in [4.69, 9.17) is 4.74 Å². The second-order valence-corrected chi connectivity index (χ2v) is 7.33. The van der Waals surface area contributed by atoms with Crippen molar-refractivity contribution in [3.8, 4) is 5.75 Å². The van der Waals surface area contributed by atoms with E-state index in [-0.39, 0.29) is 35.5 Å². The van der Waals surface area contributed by atoms with Crippen molar-refractivity contribution < 1.29 is 14.3 Å². The van der Waals surface area contributed by atoms with Crippen LogP contribution in [0.15, 0.2) is 29.3 Å². The van der Waals surface area contributed by atoms with Crippen molar-refractivity contribution in [2.75, 3.05) is 20.2 Å². The van der Waals surface area contributed by atoms with Crippen molar-refractivity contribution in [1.82, 2.24) is 10.6 Å². The highest BCUT2D eigenvalue weighted by Gasteiger charge is 2.14. The maximum Gasteiger partial charge on any atom is 0.305 e. The Kier molecular flexibility index (Phi) is 13.7. The van der Waals surface area contributed by atoms with Gasteiger partial charge in [-0.2, -0.15) is 0 Å². The first-order valence-electron chi connectivity index (χ1n) is 9.71. The van der Waals surface area contributed by atoms with Crippen LogP contribution in [-0.4, -0.2) is 37.7 Å². The number of halogens is 1. The molecule has 1 rings (SSSR count). The number of rotatable bonds is 10. The summed E-state index contributed by atoms with van der Waals surface area (Å²) in [7, 11) is 1.42. The highest BCUT2D eigenvalue weighted by Crippen LogP contribution is 2.23. The van der Waals surface area contributed by atoms with Crippen LogP contribution in [0.5, 0.6) is 5.75 Å². The molecule has 6 nitrogen and oxygen atoms in total. The van der Waals surface area contributed by atoms with E-state index in [1.54, 1.807) is 0 Å². The highest BCUT2D eigenvalue weighted by atomic mass is 127. The lowest BCUT2D eigenvalue weighted by Gasteiger charge is -2.23. The number of unbranched alkanes of at least 4 members (excludes halogenated alkanes) is 2. The summed E-state index contributed by atoms with van der Waals surface area (Å²) < 4.78 is 10.7. The van der Waals surface area contributed by atoms with Crippen LogP contribution in [-0.2, 0) is 16.1 Å². The summed E-state index contributed by atoms with van der Waals surface area (Å²) in [4.78, 5) is 15.8. The number of carbonyl (C=O) groups is 1. The maximum absolute atomic E-state index is 11.1. The quantitative estimate of drug-likeness (QED) is 0.163. The molecule has 0 radical (unpaired) electrons. The molecule has 0 aliphatic carbocycles. The molecular formula is C21H36IN3O3. The first kappa shape index (κ1) is 26.5. The van der Waals surface area contributed by atoms with Crippen molar-refractivity contribution in [2.45, 2.75) is 65.5 Å². The lowest BCUT2D eigenvalue weighted by Crippen LogP contribution is -2.37. The summed E-state index contributed by atoms with van der Waals surface area (Å²) in [6.45, 7) is 10.3. The Balaban J connectivity index is 0.00000729. The van der Waals surface area contributed by atoms with Gasteiger partial charge >= 0.3 is 5.97 Å². The number of para-hydroxylation sites is 1. The molecule has 0 aliphatic heterocycles. The van der Waals surface area contributed by atoms with Gasteiger partial charge in [0, 0.05) is 25.1 Å². The Bertz CT molecular complexity index is 601. The van der Waals surface area contributed by atoms with Gasteiger partial charge in [0.2, 0.25) is 0 Å². The number of esters is 1. The molecule has 1 aromatic rings. The Morgan fingerprint density at radius 2 is 1.82 bits per heavy atom. The van der Waals surface area contributed by atoms with Crippen molar-refractivity contribution >= 4 is 35.9 Å². The molecule has 0 aromatic heterocycles. The van der Waals surface area contributed by atoms with Gasteiger partial charge in [-0.3, -0.25) is 4.79 Å². The maximum atomic E-state index is 11.1. The zero-order chi connectivity index (χ0) is 20.1. The summed E-state index contributed by atoms with van der Waals surface area (Å²) in [5.41, 5.74) is 0.815. The fourth-order valence-corrected chi connectivity index (χ4v) is 2.45. The van der Waals surface area contributed by atoms with Crippen molar-refractivity contribution in [2.24, 2.45) is 4.99 Å². The SMILES string of the molecule is CCNC(=NCc1ccccc1OC(C)(C)C)NCCCCCC(=O)OC.I. The molecule has 0 amide bonds. The topological polar surface area (TPSA) is 72.0 Å². The van der Waals surface area contributed by atoms with E-state index in [0.717, 1.165) is 49.6 Å². The monoisotopic (exact) mass is 505 g/mol. The van der Waals surface area contributed by atoms with Gasteiger partial charge in [0.25, 0.3) is 0 Å². The van der Waals surface area contributed by atoms with Crippen LogP contribution < -0.4 is 15.4 Å². The summed E-state index contributed by atoms with van der Waals surface area (Å²) in [6, 6.07) is 8.01. The number of guanidine groups is 1. The number of hydrogen-bond donors (Lipinski definition) is 2. The van der Waals surface area contributed by atoms with Gasteiger partial charge in [-0.15, -0.1) is 24.0 Å². The first-order valence-corrected chi connectivity index (χ1v) is 9.71. The molecule has 0 saturated carbocycles. The van der Waals surface area contributed by atoms with Gasteiger partial charge in [-0.1, -0.05) is 24.6 Å². The van der Waals surface area contributed by atoms with Gasteiger partial charge in [0.1, 0.15) is 11.4 Å². The van der Waals surface area contributed by atoms with Crippen LogP contribution in [0.1, 0.15) is 58.9 Å². The van der Waals surface area contributed by atoms with Gasteiger partial charge in [-0.05, 0) is 46.6 Å². The van der Waals surface area contributed by atoms with Gasteiger partial charge in [0.15, 0.2) is 5.96 Å². The molecule has 1 aromatic carbocycles. The third kappa shape index (κ3) is 12.0. The van der Waals surface area contributed by atoms with Crippen LogP contribution in [0.2, 0.25) is 0 Å². The number of methoxy groups -OCH3 is 1. The van der Waals surface area contributed by atoms with E-state index >= 15 is 0 Å². The van der Waals surface area contributed by atoms with Crippen molar-refractivity contribution in [1.29, 1.82) is 0 Å². The molecule has 28 heavy (non-hydrogen) atoms. The van der Waals surface area contributed by atoms with E-state index in [9.17, 15) is 4.79 Å². The predicted molar refractivity (Wildman–Crippen MR) is 126 cm³/mol. The van der Waals surface area contributed by atoms with E-state index in [2.05, 4.69) is 20.4 Å². The van der Waals surface area contributed by atoms with Crippen LogP contribution in [0.4, 0.5) is 0 Å². The number of ether oxygens (including phenoxy) is 2. The second kappa shape index (κ2) is 14.5. The Morgan fingerprint density at radius 1 is 1.11 bits per heavy atom. The number of aliphatic imine (C=N–C) groups is 1. The molecule has 0 atom stereocenters. The number of nitrogens with one attached hydrogen (secondary N) is 2. The molecule has 0 fully saturated rings. The Labute approximate surface area is 186 Å². The number of nitrogens with zero attached hydrogens (tertiary/aromatic N) is 1. The molecule has 2 N–H and O–H groups in total. The molecule has 0 saturated heterocycles. The lowest BCUT2D eigenvalue weighted by atomic mass is 10.1. The molecule has 0 bridgehead atoms. The Morgan fingerprint density at radius 3 is 2.46 bits per heavy atom. The van der Waals surface area contributed by atoms with Crippen LogP contribution in [0.3, 0.4) is 0 Å². The minimum Gasteiger partial charge on any atom is -0.488 e. The first-order chi connectivity index (χ1) is 12.9. The van der Waals surface area contributed by atoms with Crippen molar-refractivity contribution in [3.63, 3.8) is 0 Å². The average molecular weight is 505 g/mol. The Hall–Kier alpha value is -1.51. The summed E-state index contributed by atoms with van der Waals surface area (Å²) >= 11 is 0. The minimum absolute atomic E-state index is 0. The number of benzene rings is 1. The van der Waals surface area contributed by atoms with Gasteiger partial charge in [-0.25, -0.2) is 4.99 Å². The van der Waals surface area contributed by atoms with Crippen molar-refractivity contribution in [3.05, 3.63) is 29.8 Å². The number of hydrogen-bond acceptors (Lipinski definition) is 4. The summed E-state index contributed by atoms with van der Waals surface area (Å²) in [5, 5.41) is 6.61. The van der Waals surface area contributed by atoms with Crippen LogP contribution in [0, 0.1) is 0 Å². The summed E-state index contributed by atoms with van der Waals surface area (Å²) in [6.07, 6.45) is 3.28. The van der Waals surface area contributed by atoms with E-state index in [1.165, 1.54) is 7.11 Å². The molecule has 160 valence electrons. The average Bonchev–Trinajstić information content (AvgIpc) is 2.61. The molecule has 7 heteroatoms. The number of carbonyl (C=O) groups excluding carboxylic acids is 1. The van der Waals surface area contributed by atoms with E-state index in [1.807, 2.05) is 52.0 Å².